The van der Waals surface area contributed by atoms with Gasteiger partial charge in [0, 0.05) is 18.5 Å². The second kappa shape index (κ2) is 10.1. The molecule has 1 aromatic rings. The number of ether oxygens (including phenoxy) is 1. The van der Waals surface area contributed by atoms with E-state index < -0.39 is 40.3 Å². The molecule has 0 saturated heterocycles. The van der Waals surface area contributed by atoms with Gasteiger partial charge < -0.3 is 15.0 Å². The fraction of sp³-hybridized carbons (Fsp3) is 0.607. The number of hydrogen-bond acceptors (Lipinski definition) is 4. The Labute approximate surface area is 215 Å². The van der Waals surface area contributed by atoms with Crippen molar-refractivity contribution in [2.45, 2.75) is 89.9 Å². The second-order valence-electron chi connectivity index (χ2n) is 11.3. The van der Waals surface area contributed by atoms with Crippen LogP contribution in [0.2, 0.25) is 0 Å². The lowest BCUT2D eigenvalue weighted by Gasteiger charge is -2.35. The molecule has 1 heterocycles. The summed E-state index contributed by atoms with van der Waals surface area (Å²) in [5, 5.41) is 2.06. The van der Waals surface area contributed by atoms with Gasteiger partial charge in [-0.05, 0) is 41.9 Å². The number of benzene rings is 1. The molecule has 1 N–H and O–H groups in total. The minimum absolute atomic E-state index is 0.0481. The van der Waals surface area contributed by atoms with E-state index in [1.165, 1.54) is 7.11 Å². The first-order chi connectivity index (χ1) is 17.4. The van der Waals surface area contributed by atoms with Crippen LogP contribution in [0, 0.1) is 11.3 Å². The van der Waals surface area contributed by atoms with Crippen molar-refractivity contribution in [3.8, 4) is 5.75 Å². The van der Waals surface area contributed by atoms with Gasteiger partial charge >= 0.3 is 6.18 Å². The number of alkyl halides is 3. The van der Waals surface area contributed by atoms with Crippen LogP contribution < -0.4 is 10.1 Å². The standard InChI is InChI=1S/C28H35F3N2O4/c1-26(2)15-21-24(22(34)16-26)27(28(29,30)31,32-23(35)14-11-18-7-5-4-6-8-18)25(36)33(21)17-19-9-12-20(37-3)13-10-19/h9-10,12-13,18H,4-8,11,14-17H2,1-3H3,(H,32,35)/t27-/m1/s1. The van der Waals surface area contributed by atoms with E-state index in [9.17, 15) is 27.6 Å². The number of hydrogen-bond donors (Lipinski definition) is 1. The van der Waals surface area contributed by atoms with Crippen molar-refractivity contribution in [2.24, 2.45) is 11.3 Å². The van der Waals surface area contributed by atoms with Crippen molar-refractivity contribution in [2.75, 3.05) is 7.11 Å². The summed E-state index contributed by atoms with van der Waals surface area (Å²) in [7, 11) is 1.50. The lowest BCUT2D eigenvalue weighted by atomic mass is 9.72. The molecule has 1 aromatic carbocycles. The van der Waals surface area contributed by atoms with Crippen LogP contribution in [0.3, 0.4) is 0 Å². The maximum atomic E-state index is 14.9. The van der Waals surface area contributed by atoms with Crippen molar-refractivity contribution >= 4 is 17.6 Å². The van der Waals surface area contributed by atoms with Crippen molar-refractivity contribution < 1.29 is 32.3 Å². The minimum atomic E-state index is -5.18. The third-order valence-electron chi connectivity index (χ3n) is 7.88. The highest BCUT2D eigenvalue weighted by atomic mass is 19.4. The Morgan fingerprint density at radius 1 is 1.08 bits per heavy atom. The van der Waals surface area contributed by atoms with E-state index in [2.05, 4.69) is 5.32 Å². The van der Waals surface area contributed by atoms with Crippen LogP contribution in [0.25, 0.3) is 0 Å². The summed E-state index contributed by atoms with van der Waals surface area (Å²) in [6.45, 7) is 3.43. The number of nitrogens with zero attached hydrogens (tertiary/aromatic N) is 1. The molecule has 0 unspecified atom stereocenters. The molecule has 202 valence electrons. The van der Waals surface area contributed by atoms with E-state index in [0.29, 0.717) is 23.7 Å². The molecule has 0 spiro atoms. The first-order valence-electron chi connectivity index (χ1n) is 13.0. The summed E-state index contributed by atoms with van der Waals surface area (Å²) in [5.41, 5.74) is -3.98. The van der Waals surface area contributed by atoms with E-state index >= 15 is 0 Å². The molecular formula is C28H35F3N2O4. The lowest BCUT2D eigenvalue weighted by Crippen LogP contribution is -2.66. The third kappa shape index (κ3) is 5.27. The lowest BCUT2D eigenvalue weighted by molar-refractivity contribution is -0.194. The summed E-state index contributed by atoms with van der Waals surface area (Å²) in [6.07, 6.45) is 0.301. The van der Waals surface area contributed by atoms with Crippen LogP contribution in [-0.4, -0.2) is 41.3 Å². The zero-order valence-electron chi connectivity index (χ0n) is 21.7. The van der Waals surface area contributed by atoms with Crippen molar-refractivity contribution in [1.29, 1.82) is 0 Å². The SMILES string of the molecule is COc1ccc(CN2C(=O)[C@@](NC(=O)CCC3CCCCC3)(C(F)(F)F)C3=C2CC(C)(C)CC3=O)cc1. The Kier molecular flexibility index (Phi) is 7.45. The van der Waals surface area contributed by atoms with Gasteiger partial charge in [-0.25, -0.2) is 0 Å². The number of carbonyl (C=O) groups excluding carboxylic acids is 3. The highest BCUT2D eigenvalue weighted by Gasteiger charge is 2.71. The van der Waals surface area contributed by atoms with E-state index in [-0.39, 0.29) is 31.5 Å². The number of halogens is 3. The van der Waals surface area contributed by atoms with E-state index in [1.54, 1.807) is 38.1 Å². The molecule has 6 nitrogen and oxygen atoms in total. The van der Waals surface area contributed by atoms with Gasteiger partial charge in [-0.15, -0.1) is 0 Å². The molecule has 1 fully saturated rings. The van der Waals surface area contributed by atoms with Crippen molar-refractivity contribution in [3.05, 3.63) is 41.1 Å². The summed E-state index contributed by atoms with van der Waals surface area (Å²) in [4.78, 5) is 41.0. The monoisotopic (exact) mass is 520 g/mol. The first kappa shape index (κ1) is 27.2. The zero-order valence-corrected chi connectivity index (χ0v) is 21.7. The van der Waals surface area contributed by atoms with Gasteiger partial charge in [0.25, 0.3) is 5.91 Å². The topological polar surface area (TPSA) is 75.7 Å². The van der Waals surface area contributed by atoms with Gasteiger partial charge in [-0.2, -0.15) is 13.2 Å². The Balaban J connectivity index is 1.69. The second-order valence-corrected chi connectivity index (χ2v) is 11.3. The average Bonchev–Trinajstić information content (AvgIpc) is 3.06. The fourth-order valence-corrected chi connectivity index (χ4v) is 5.99. The highest BCUT2D eigenvalue weighted by molar-refractivity contribution is 6.13. The van der Waals surface area contributed by atoms with Crippen LogP contribution in [0.1, 0.15) is 77.2 Å². The quantitative estimate of drug-likeness (QED) is 0.518. The fourth-order valence-electron chi connectivity index (χ4n) is 5.99. The molecule has 2 aliphatic carbocycles. The number of Topliss-reactive ketones (excluding diaryl/α,β-unsaturated/α-hetero) is 1. The molecule has 37 heavy (non-hydrogen) atoms. The van der Waals surface area contributed by atoms with Gasteiger partial charge in [0.15, 0.2) is 5.78 Å². The van der Waals surface area contributed by atoms with E-state index in [4.69, 9.17) is 4.74 Å². The van der Waals surface area contributed by atoms with Crippen LogP contribution in [0.4, 0.5) is 13.2 Å². The molecule has 0 bridgehead atoms. The average molecular weight is 521 g/mol. The number of carbonyl (C=O) groups is 3. The molecule has 0 aromatic heterocycles. The third-order valence-corrected chi connectivity index (χ3v) is 7.88. The number of amides is 2. The molecule has 1 atom stereocenters. The number of ketones is 1. The van der Waals surface area contributed by atoms with Crippen molar-refractivity contribution in [3.63, 3.8) is 0 Å². The van der Waals surface area contributed by atoms with Gasteiger partial charge in [-0.3, -0.25) is 14.4 Å². The number of methoxy groups -OCH3 is 1. The molecule has 1 saturated carbocycles. The smallest absolute Gasteiger partial charge is 0.425 e. The molecule has 9 heteroatoms. The molecule has 0 radical (unpaired) electrons. The molecule has 3 aliphatic rings. The zero-order chi connectivity index (χ0) is 27.0. The summed E-state index contributed by atoms with van der Waals surface area (Å²) in [5.74, 6) is -2.06. The van der Waals surface area contributed by atoms with Crippen LogP contribution in [0.5, 0.6) is 5.75 Å². The molecule has 4 rings (SSSR count). The van der Waals surface area contributed by atoms with Gasteiger partial charge in [-0.1, -0.05) is 58.1 Å². The predicted octanol–water partition coefficient (Wildman–Crippen LogP) is 5.46. The van der Waals surface area contributed by atoms with Crippen LogP contribution in [-0.2, 0) is 20.9 Å². The number of nitrogens with one attached hydrogen (secondary N) is 1. The maximum Gasteiger partial charge on any atom is 0.425 e. The summed E-state index contributed by atoms with van der Waals surface area (Å²) < 4.78 is 49.9. The Morgan fingerprint density at radius 2 is 1.73 bits per heavy atom. The predicted molar refractivity (Wildman–Crippen MR) is 131 cm³/mol. The van der Waals surface area contributed by atoms with E-state index in [1.807, 2.05) is 0 Å². The Bertz CT molecular complexity index is 1090. The summed E-state index contributed by atoms with van der Waals surface area (Å²) in [6, 6.07) is 6.65. The molecule has 1 aliphatic heterocycles. The first-order valence-corrected chi connectivity index (χ1v) is 13.0. The minimum Gasteiger partial charge on any atom is -0.497 e. The molecular weight excluding hydrogens is 485 g/mol. The normalized spacial score (nSPS) is 24.3. The van der Waals surface area contributed by atoms with Crippen LogP contribution >= 0.6 is 0 Å². The van der Waals surface area contributed by atoms with Crippen molar-refractivity contribution in [1.82, 2.24) is 10.2 Å². The Hall–Kier alpha value is -2.84. The maximum absolute atomic E-state index is 14.9. The molecule has 2 amide bonds. The largest absolute Gasteiger partial charge is 0.497 e. The number of rotatable bonds is 7. The van der Waals surface area contributed by atoms with Gasteiger partial charge in [0.05, 0.1) is 19.2 Å². The summed E-state index contributed by atoms with van der Waals surface area (Å²) >= 11 is 0. The van der Waals surface area contributed by atoms with Gasteiger partial charge in [0.1, 0.15) is 5.75 Å². The number of allylic oxidation sites excluding steroid dienone is 1. The highest BCUT2D eigenvalue weighted by Crippen LogP contribution is 2.52. The van der Waals surface area contributed by atoms with Gasteiger partial charge in [0.2, 0.25) is 11.4 Å². The Morgan fingerprint density at radius 3 is 2.32 bits per heavy atom. The van der Waals surface area contributed by atoms with E-state index in [0.717, 1.165) is 37.0 Å². The van der Waals surface area contributed by atoms with Crippen LogP contribution in [0.15, 0.2) is 35.5 Å².